The Labute approximate surface area is 166 Å². The number of rotatable bonds is 4. The Balaban J connectivity index is 1.70. The molecule has 28 heavy (non-hydrogen) atoms. The first-order valence-electron chi connectivity index (χ1n) is 9.70. The second kappa shape index (κ2) is 7.64. The molecule has 0 saturated carbocycles. The number of likely N-dealkylation sites (N-methyl/N-ethyl adjacent to an activating group) is 1. The number of benzene rings is 2. The molecule has 0 spiro atoms. The van der Waals surface area contributed by atoms with Gasteiger partial charge < -0.3 is 14.4 Å². The molecule has 2 aromatic rings. The van der Waals surface area contributed by atoms with Gasteiger partial charge in [-0.05, 0) is 47.5 Å². The zero-order valence-corrected chi connectivity index (χ0v) is 16.6. The van der Waals surface area contributed by atoms with Gasteiger partial charge in [-0.25, -0.2) is 0 Å². The highest BCUT2D eigenvalue weighted by atomic mass is 16.5. The van der Waals surface area contributed by atoms with Crippen molar-refractivity contribution >= 4 is 17.9 Å². The third-order valence-corrected chi connectivity index (χ3v) is 5.99. The van der Waals surface area contributed by atoms with Crippen LogP contribution in [0.1, 0.15) is 24.0 Å². The molecule has 2 aliphatic heterocycles. The molecule has 1 N–H and O–H groups in total. The maximum absolute atomic E-state index is 13.4. The predicted octanol–water partition coefficient (Wildman–Crippen LogP) is 2.80. The monoisotopic (exact) mass is 376 g/mol. The van der Waals surface area contributed by atoms with E-state index < -0.39 is 0 Å². The minimum Gasteiger partial charge on any atom is -0.497 e. The third kappa shape index (κ3) is 3.36. The molecule has 2 heterocycles. The van der Waals surface area contributed by atoms with Gasteiger partial charge in [-0.3, -0.25) is 4.79 Å². The molecular formula is C24H26NO3+. The van der Waals surface area contributed by atoms with Crippen LogP contribution in [0.5, 0.6) is 11.5 Å². The van der Waals surface area contributed by atoms with E-state index in [9.17, 15) is 4.79 Å². The fraction of sp³-hybridized carbons (Fsp3) is 0.292. The SMILES string of the molecule is COc1ccc(/C=C2\C(=O)/C(=C/c3ccc(OC)cc3)[C@@H]3CC[C@H]2[NH+]3C)cc1. The van der Waals surface area contributed by atoms with Gasteiger partial charge >= 0.3 is 0 Å². The number of carbonyl (C=O) groups excluding carboxylic acids is 1. The summed E-state index contributed by atoms with van der Waals surface area (Å²) >= 11 is 0. The molecule has 2 aromatic carbocycles. The molecule has 2 bridgehead atoms. The number of methoxy groups -OCH3 is 2. The molecule has 2 saturated heterocycles. The number of piperidine rings is 1. The highest BCUT2D eigenvalue weighted by Crippen LogP contribution is 2.31. The van der Waals surface area contributed by atoms with Crippen molar-refractivity contribution < 1.29 is 19.2 Å². The summed E-state index contributed by atoms with van der Waals surface area (Å²) in [7, 11) is 5.52. The Morgan fingerprint density at radius 3 is 1.54 bits per heavy atom. The lowest BCUT2D eigenvalue weighted by molar-refractivity contribution is -0.906. The molecule has 1 unspecified atom stereocenters. The molecule has 0 aromatic heterocycles. The van der Waals surface area contributed by atoms with Crippen molar-refractivity contribution in [1.29, 1.82) is 0 Å². The first-order chi connectivity index (χ1) is 13.6. The van der Waals surface area contributed by atoms with Crippen LogP contribution in [0, 0.1) is 0 Å². The molecule has 2 fully saturated rings. The summed E-state index contributed by atoms with van der Waals surface area (Å²) in [6.45, 7) is 0. The van der Waals surface area contributed by atoms with Gasteiger partial charge in [-0.2, -0.15) is 0 Å². The van der Waals surface area contributed by atoms with Gasteiger partial charge in [0.2, 0.25) is 0 Å². The molecule has 0 amide bonds. The molecule has 0 aliphatic carbocycles. The normalized spacial score (nSPS) is 26.7. The number of carbonyl (C=O) groups is 1. The van der Waals surface area contributed by atoms with Crippen LogP contribution >= 0.6 is 0 Å². The van der Waals surface area contributed by atoms with Crippen molar-refractivity contribution in [2.24, 2.45) is 0 Å². The second-order valence-corrected chi connectivity index (χ2v) is 7.50. The van der Waals surface area contributed by atoms with Crippen LogP contribution in [0.2, 0.25) is 0 Å². The summed E-state index contributed by atoms with van der Waals surface area (Å²) in [5.74, 6) is 1.83. The Morgan fingerprint density at radius 1 is 0.786 bits per heavy atom. The quantitative estimate of drug-likeness (QED) is 0.834. The van der Waals surface area contributed by atoms with Crippen molar-refractivity contribution in [3.8, 4) is 11.5 Å². The number of hydrogen-bond donors (Lipinski definition) is 1. The van der Waals surface area contributed by atoms with E-state index in [1.165, 1.54) is 4.90 Å². The number of fused-ring (bicyclic) bond motifs is 2. The Kier molecular flexibility index (Phi) is 5.05. The number of ketones is 1. The fourth-order valence-electron chi connectivity index (χ4n) is 4.41. The van der Waals surface area contributed by atoms with Crippen molar-refractivity contribution in [2.45, 2.75) is 24.9 Å². The largest absolute Gasteiger partial charge is 0.497 e. The van der Waals surface area contributed by atoms with E-state index in [-0.39, 0.29) is 17.9 Å². The highest BCUT2D eigenvalue weighted by molar-refractivity contribution is 6.15. The van der Waals surface area contributed by atoms with Crippen LogP contribution < -0.4 is 14.4 Å². The minimum absolute atomic E-state index is 0.185. The lowest BCUT2D eigenvalue weighted by atomic mass is 9.88. The summed E-state index contributed by atoms with van der Waals surface area (Å²) in [5.41, 5.74) is 3.89. The minimum atomic E-state index is 0.185. The number of ether oxygens (including phenoxy) is 2. The van der Waals surface area contributed by atoms with Crippen LogP contribution in [-0.4, -0.2) is 39.1 Å². The summed E-state index contributed by atoms with van der Waals surface area (Å²) in [6.07, 6.45) is 6.20. The van der Waals surface area contributed by atoms with E-state index in [0.29, 0.717) is 0 Å². The van der Waals surface area contributed by atoms with E-state index in [4.69, 9.17) is 9.47 Å². The first-order valence-corrected chi connectivity index (χ1v) is 9.70. The van der Waals surface area contributed by atoms with Gasteiger partial charge in [0.1, 0.15) is 23.6 Å². The van der Waals surface area contributed by atoms with Gasteiger partial charge in [-0.15, -0.1) is 0 Å². The highest BCUT2D eigenvalue weighted by Gasteiger charge is 2.48. The average molecular weight is 376 g/mol. The van der Waals surface area contributed by atoms with Crippen LogP contribution in [0.3, 0.4) is 0 Å². The molecule has 3 atom stereocenters. The van der Waals surface area contributed by atoms with E-state index in [2.05, 4.69) is 19.2 Å². The van der Waals surface area contributed by atoms with Crippen molar-refractivity contribution in [1.82, 2.24) is 0 Å². The summed E-state index contributed by atoms with van der Waals surface area (Å²) < 4.78 is 10.5. The molecule has 4 heteroatoms. The van der Waals surface area contributed by atoms with E-state index >= 15 is 0 Å². The van der Waals surface area contributed by atoms with Crippen molar-refractivity contribution in [3.05, 3.63) is 70.8 Å². The van der Waals surface area contributed by atoms with Crippen LogP contribution in [0.25, 0.3) is 12.2 Å². The standard InChI is InChI=1S/C24H25NO3/c1-25-22-12-13-23(25)21(15-17-6-10-19(28-3)11-7-17)24(26)20(22)14-16-4-8-18(27-2)9-5-16/h4-11,14-15,22-23H,12-13H2,1-3H3/p+1/b20-14-,21-15+/t22-,23+/m1/s1. The zero-order valence-electron chi connectivity index (χ0n) is 16.6. The van der Waals surface area contributed by atoms with Gasteiger partial charge in [0.25, 0.3) is 0 Å². The van der Waals surface area contributed by atoms with Gasteiger partial charge in [0.05, 0.1) is 32.4 Å². The third-order valence-electron chi connectivity index (χ3n) is 5.99. The number of Topliss-reactive ketones (excluding diaryl/α,β-unsaturated/α-hetero) is 1. The summed E-state index contributed by atoms with van der Waals surface area (Å²) in [6, 6.07) is 16.3. The average Bonchev–Trinajstić information content (AvgIpc) is 3.04. The van der Waals surface area contributed by atoms with Crippen molar-refractivity contribution in [2.75, 3.05) is 21.3 Å². The van der Waals surface area contributed by atoms with Crippen LogP contribution in [0.4, 0.5) is 0 Å². The van der Waals surface area contributed by atoms with Gasteiger partial charge in [0.15, 0.2) is 5.78 Å². The smallest absolute Gasteiger partial charge is 0.196 e. The number of quaternary nitrogens is 1. The predicted molar refractivity (Wildman–Crippen MR) is 111 cm³/mol. The molecular weight excluding hydrogens is 350 g/mol. The molecule has 4 rings (SSSR count). The molecule has 2 aliphatic rings. The topological polar surface area (TPSA) is 40.0 Å². The number of hydrogen-bond acceptors (Lipinski definition) is 3. The van der Waals surface area contributed by atoms with Crippen molar-refractivity contribution in [3.63, 3.8) is 0 Å². The fourth-order valence-corrected chi connectivity index (χ4v) is 4.41. The maximum Gasteiger partial charge on any atom is 0.196 e. The molecule has 144 valence electrons. The molecule has 0 radical (unpaired) electrons. The lowest BCUT2D eigenvalue weighted by Crippen LogP contribution is -3.16. The first kappa shape index (κ1) is 18.5. The van der Waals surface area contributed by atoms with Gasteiger partial charge in [0, 0.05) is 12.8 Å². The zero-order chi connectivity index (χ0) is 19.7. The molecule has 4 nitrogen and oxygen atoms in total. The Hall–Kier alpha value is -2.85. The van der Waals surface area contributed by atoms with E-state index in [0.717, 1.165) is 46.6 Å². The maximum atomic E-state index is 13.4. The van der Waals surface area contributed by atoms with Crippen LogP contribution in [-0.2, 0) is 4.79 Å². The van der Waals surface area contributed by atoms with Crippen LogP contribution in [0.15, 0.2) is 59.7 Å². The second-order valence-electron chi connectivity index (χ2n) is 7.50. The Bertz CT molecular complexity index is 850. The lowest BCUT2D eigenvalue weighted by Gasteiger charge is -2.31. The summed E-state index contributed by atoms with van der Waals surface area (Å²) in [5, 5.41) is 0. The van der Waals surface area contributed by atoms with E-state index in [1.807, 2.05) is 48.5 Å². The van der Waals surface area contributed by atoms with Gasteiger partial charge in [-0.1, -0.05) is 24.3 Å². The Morgan fingerprint density at radius 2 is 1.18 bits per heavy atom. The van der Waals surface area contributed by atoms with E-state index in [1.54, 1.807) is 14.2 Å². The summed E-state index contributed by atoms with van der Waals surface area (Å²) in [4.78, 5) is 14.8. The number of nitrogens with one attached hydrogen (secondary N) is 1.